The highest BCUT2D eigenvalue weighted by atomic mass is 32.1. The van der Waals surface area contributed by atoms with Gasteiger partial charge in [0.2, 0.25) is 5.91 Å². The van der Waals surface area contributed by atoms with Gasteiger partial charge in [-0.15, -0.1) is 11.3 Å². The molecule has 0 atom stereocenters. The molecule has 0 fully saturated rings. The van der Waals surface area contributed by atoms with Crippen LogP contribution in [-0.4, -0.2) is 10.9 Å². The molecule has 3 rings (SSSR count). The smallest absolute Gasteiger partial charge is 0.230 e. The van der Waals surface area contributed by atoms with Crippen LogP contribution in [0.3, 0.4) is 0 Å². The molecule has 1 heterocycles. The molecule has 1 amide bonds. The Morgan fingerprint density at radius 2 is 1.96 bits per heavy atom. The molecule has 1 N–H and O–H groups in total. The summed E-state index contributed by atoms with van der Waals surface area (Å²) in [7, 11) is 0. The normalized spacial score (nSPS) is 10.6. The van der Waals surface area contributed by atoms with Crippen molar-refractivity contribution in [2.24, 2.45) is 0 Å². The van der Waals surface area contributed by atoms with Crippen LogP contribution in [0.25, 0.3) is 11.3 Å². The van der Waals surface area contributed by atoms with Crippen LogP contribution in [0.1, 0.15) is 16.7 Å². The van der Waals surface area contributed by atoms with E-state index < -0.39 is 0 Å². The summed E-state index contributed by atoms with van der Waals surface area (Å²) in [6.07, 6.45) is -0.00870. The second-order valence-electron chi connectivity index (χ2n) is 5.65. The van der Waals surface area contributed by atoms with Crippen LogP contribution < -0.4 is 5.32 Å². The molecule has 24 heavy (non-hydrogen) atoms. The maximum atomic E-state index is 13.6. The summed E-state index contributed by atoms with van der Waals surface area (Å²) in [5.74, 6) is -0.649. The zero-order valence-corrected chi connectivity index (χ0v) is 14.3. The largest absolute Gasteiger partial charge is 0.302 e. The van der Waals surface area contributed by atoms with Crippen LogP contribution in [0.5, 0.6) is 0 Å². The highest BCUT2D eigenvalue weighted by Crippen LogP contribution is 2.26. The summed E-state index contributed by atoms with van der Waals surface area (Å²) >= 11 is 1.36. The fourth-order valence-electron chi connectivity index (χ4n) is 2.34. The minimum Gasteiger partial charge on any atom is -0.302 e. The highest BCUT2D eigenvalue weighted by molar-refractivity contribution is 7.14. The Hall–Kier alpha value is -2.53. The minimum atomic E-state index is -0.373. The van der Waals surface area contributed by atoms with Gasteiger partial charge < -0.3 is 5.32 Å². The first-order valence-electron chi connectivity index (χ1n) is 7.59. The number of carbonyl (C=O) groups excluding carboxylic acids is 1. The molecule has 0 radical (unpaired) electrons. The number of nitrogens with one attached hydrogen (secondary N) is 1. The van der Waals surface area contributed by atoms with Crippen LogP contribution >= 0.6 is 11.3 Å². The molecule has 0 saturated carbocycles. The quantitative estimate of drug-likeness (QED) is 0.745. The standard InChI is InChI=1S/C19H17FN2OS/c1-12-7-8-15(9-13(12)2)17-11-24-19(21-17)22-18(23)10-14-5-3-4-6-16(14)20/h3-9,11H,10H2,1-2H3,(H,21,22,23). The van der Waals surface area contributed by atoms with Crippen molar-refractivity contribution < 1.29 is 9.18 Å². The van der Waals surface area contributed by atoms with Gasteiger partial charge in [-0.05, 0) is 42.7 Å². The molecular formula is C19H17FN2OS. The molecule has 0 aliphatic rings. The lowest BCUT2D eigenvalue weighted by Gasteiger charge is -2.04. The third-order valence-electron chi connectivity index (χ3n) is 3.86. The number of thiazole rings is 1. The number of hydrogen-bond donors (Lipinski definition) is 1. The first-order chi connectivity index (χ1) is 11.5. The number of aromatic nitrogens is 1. The topological polar surface area (TPSA) is 42.0 Å². The van der Waals surface area contributed by atoms with E-state index in [9.17, 15) is 9.18 Å². The number of hydrogen-bond acceptors (Lipinski definition) is 3. The molecule has 0 spiro atoms. The van der Waals surface area contributed by atoms with Gasteiger partial charge in [-0.2, -0.15) is 0 Å². The van der Waals surface area contributed by atoms with E-state index >= 15 is 0 Å². The molecule has 2 aromatic carbocycles. The molecular weight excluding hydrogens is 323 g/mol. The van der Waals surface area contributed by atoms with Crippen LogP contribution in [-0.2, 0) is 11.2 Å². The maximum Gasteiger partial charge on any atom is 0.230 e. The van der Waals surface area contributed by atoms with Crippen molar-refractivity contribution in [2.45, 2.75) is 20.3 Å². The number of amides is 1. The molecule has 3 aromatic rings. The summed E-state index contributed by atoms with van der Waals surface area (Å²) in [6.45, 7) is 4.12. The van der Waals surface area contributed by atoms with E-state index in [1.807, 2.05) is 11.4 Å². The van der Waals surface area contributed by atoms with Crippen molar-refractivity contribution in [3.05, 3.63) is 70.4 Å². The predicted molar refractivity (Wildman–Crippen MR) is 95.8 cm³/mol. The Morgan fingerprint density at radius 3 is 2.71 bits per heavy atom. The molecule has 0 unspecified atom stereocenters. The summed E-state index contributed by atoms with van der Waals surface area (Å²) in [6, 6.07) is 12.4. The van der Waals surface area contributed by atoms with Gasteiger partial charge in [0.15, 0.2) is 5.13 Å². The Balaban J connectivity index is 1.70. The van der Waals surface area contributed by atoms with Gasteiger partial charge >= 0.3 is 0 Å². The summed E-state index contributed by atoms with van der Waals surface area (Å²) in [5.41, 5.74) is 4.65. The van der Waals surface area contributed by atoms with Gasteiger partial charge in [0.05, 0.1) is 12.1 Å². The van der Waals surface area contributed by atoms with Crippen molar-refractivity contribution in [3.63, 3.8) is 0 Å². The number of nitrogens with zero attached hydrogens (tertiary/aromatic N) is 1. The van der Waals surface area contributed by atoms with E-state index in [-0.39, 0.29) is 18.1 Å². The fraction of sp³-hybridized carbons (Fsp3) is 0.158. The highest BCUT2D eigenvalue weighted by Gasteiger charge is 2.11. The second kappa shape index (κ2) is 6.93. The Kier molecular flexibility index (Phi) is 4.71. The number of anilines is 1. The van der Waals surface area contributed by atoms with Crippen LogP contribution in [0.15, 0.2) is 47.8 Å². The van der Waals surface area contributed by atoms with E-state index in [2.05, 4.69) is 36.3 Å². The van der Waals surface area contributed by atoms with E-state index in [4.69, 9.17) is 0 Å². The lowest BCUT2D eigenvalue weighted by molar-refractivity contribution is -0.115. The van der Waals surface area contributed by atoms with Gasteiger partial charge in [0.1, 0.15) is 5.82 Å². The van der Waals surface area contributed by atoms with Crippen molar-refractivity contribution >= 4 is 22.4 Å². The third-order valence-corrected chi connectivity index (χ3v) is 4.62. The molecule has 1 aromatic heterocycles. The third kappa shape index (κ3) is 3.68. The fourth-order valence-corrected chi connectivity index (χ4v) is 3.08. The predicted octanol–water partition coefficient (Wildman–Crippen LogP) is 4.75. The first kappa shape index (κ1) is 16.3. The zero-order chi connectivity index (χ0) is 17.1. The molecule has 0 saturated heterocycles. The van der Waals surface area contributed by atoms with Gasteiger partial charge in [-0.1, -0.05) is 30.3 Å². The van der Waals surface area contributed by atoms with E-state index in [1.165, 1.54) is 28.5 Å². The first-order valence-corrected chi connectivity index (χ1v) is 8.47. The van der Waals surface area contributed by atoms with Crippen LogP contribution in [0, 0.1) is 19.7 Å². The van der Waals surface area contributed by atoms with E-state index in [0.717, 1.165) is 11.3 Å². The number of benzene rings is 2. The van der Waals surface area contributed by atoms with Crippen molar-refractivity contribution in [1.82, 2.24) is 4.98 Å². The molecule has 3 nitrogen and oxygen atoms in total. The molecule has 5 heteroatoms. The molecule has 122 valence electrons. The van der Waals surface area contributed by atoms with Crippen molar-refractivity contribution in [2.75, 3.05) is 5.32 Å². The summed E-state index contributed by atoms with van der Waals surface area (Å²) in [4.78, 5) is 16.5. The Bertz CT molecular complexity index is 889. The lowest BCUT2D eigenvalue weighted by Crippen LogP contribution is -2.15. The van der Waals surface area contributed by atoms with Crippen LogP contribution in [0.4, 0.5) is 9.52 Å². The van der Waals surface area contributed by atoms with Crippen molar-refractivity contribution in [1.29, 1.82) is 0 Å². The van der Waals surface area contributed by atoms with E-state index in [1.54, 1.807) is 18.2 Å². The summed E-state index contributed by atoms with van der Waals surface area (Å²) in [5, 5.41) is 5.16. The SMILES string of the molecule is Cc1ccc(-c2csc(NC(=O)Cc3ccccc3F)n2)cc1C. The summed E-state index contributed by atoms with van der Waals surface area (Å²) < 4.78 is 13.6. The number of halogens is 1. The second-order valence-corrected chi connectivity index (χ2v) is 6.51. The van der Waals surface area contributed by atoms with Crippen molar-refractivity contribution in [3.8, 4) is 11.3 Å². The minimum absolute atomic E-state index is 0.00870. The molecule has 0 aliphatic carbocycles. The molecule has 0 bridgehead atoms. The van der Waals surface area contributed by atoms with Gasteiger partial charge in [-0.3, -0.25) is 4.79 Å². The Morgan fingerprint density at radius 1 is 1.17 bits per heavy atom. The average molecular weight is 340 g/mol. The number of aryl methyl sites for hydroxylation is 2. The van der Waals surface area contributed by atoms with E-state index in [0.29, 0.717) is 10.7 Å². The lowest BCUT2D eigenvalue weighted by atomic mass is 10.1. The average Bonchev–Trinajstić information content (AvgIpc) is 3.00. The van der Waals surface area contributed by atoms with Gasteiger partial charge in [0, 0.05) is 10.9 Å². The van der Waals surface area contributed by atoms with Gasteiger partial charge in [-0.25, -0.2) is 9.37 Å². The Labute approximate surface area is 144 Å². The zero-order valence-electron chi connectivity index (χ0n) is 13.5. The maximum absolute atomic E-state index is 13.6. The monoisotopic (exact) mass is 340 g/mol. The van der Waals surface area contributed by atoms with Crippen LogP contribution in [0.2, 0.25) is 0 Å². The molecule has 0 aliphatic heterocycles. The number of rotatable bonds is 4. The number of carbonyl (C=O) groups is 1. The van der Waals surface area contributed by atoms with Gasteiger partial charge in [0.25, 0.3) is 0 Å².